The second-order valence-electron chi connectivity index (χ2n) is 6.45. The number of nitro benzene ring substituents is 1. The van der Waals surface area contributed by atoms with Crippen molar-refractivity contribution < 1.29 is 18.9 Å². The Balaban J connectivity index is 1.56. The molecule has 0 aliphatic rings. The number of nitro groups is 1. The smallest absolute Gasteiger partial charge is 0.271 e. The molecule has 1 heterocycles. The van der Waals surface area contributed by atoms with Gasteiger partial charge in [0.1, 0.15) is 11.6 Å². The van der Waals surface area contributed by atoms with Crippen molar-refractivity contribution >= 4 is 52.2 Å². The van der Waals surface area contributed by atoms with Gasteiger partial charge in [0.2, 0.25) is 11.8 Å². The summed E-state index contributed by atoms with van der Waals surface area (Å²) >= 11 is 7.05. The van der Waals surface area contributed by atoms with Gasteiger partial charge in [0, 0.05) is 24.9 Å². The molecule has 0 bridgehead atoms. The van der Waals surface area contributed by atoms with Crippen LogP contribution in [-0.4, -0.2) is 37.3 Å². The van der Waals surface area contributed by atoms with Crippen molar-refractivity contribution in [2.24, 2.45) is 7.05 Å². The molecule has 0 saturated heterocycles. The van der Waals surface area contributed by atoms with Gasteiger partial charge in [-0.1, -0.05) is 23.4 Å². The van der Waals surface area contributed by atoms with Gasteiger partial charge in [-0.2, -0.15) is 0 Å². The molecule has 32 heavy (non-hydrogen) atoms. The standard InChI is InChI=1S/C19H16ClFN6O4S/c1-26-16(9-17(28)22-12-4-2-11(21)3-5-12)24-25-19(26)32-10-18(29)23-15-8-13(27(30)31)6-7-14(15)20/h2-8H,9-10H2,1H3,(H,22,28)(H,23,29). The molecule has 3 aromatic rings. The molecule has 0 spiro atoms. The number of hydrogen-bond acceptors (Lipinski definition) is 7. The first-order valence-electron chi connectivity index (χ1n) is 9.03. The third kappa shape index (κ3) is 6.02. The zero-order valence-electron chi connectivity index (χ0n) is 16.5. The molecule has 10 nitrogen and oxygen atoms in total. The molecule has 0 atom stereocenters. The van der Waals surface area contributed by atoms with Gasteiger partial charge in [-0.3, -0.25) is 19.7 Å². The second-order valence-corrected chi connectivity index (χ2v) is 7.80. The number of hydrogen-bond donors (Lipinski definition) is 2. The van der Waals surface area contributed by atoms with Crippen LogP contribution in [0.3, 0.4) is 0 Å². The number of rotatable bonds is 8. The Bertz CT molecular complexity index is 1170. The van der Waals surface area contributed by atoms with Crippen molar-refractivity contribution in [1.82, 2.24) is 14.8 Å². The number of non-ortho nitro benzene ring substituents is 1. The van der Waals surface area contributed by atoms with E-state index in [4.69, 9.17) is 11.6 Å². The number of benzene rings is 2. The molecule has 0 aliphatic carbocycles. The van der Waals surface area contributed by atoms with E-state index in [1.165, 1.54) is 42.5 Å². The summed E-state index contributed by atoms with van der Waals surface area (Å²) < 4.78 is 14.5. The number of carbonyl (C=O) groups excluding carboxylic acids is 2. The summed E-state index contributed by atoms with van der Waals surface area (Å²) in [5.74, 6) is -0.908. The summed E-state index contributed by atoms with van der Waals surface area (Å²) in [6.07, 6.45) is -0.0725. The number of halogens is 2. The summed E-state index contributed by atoms with van der Waals surface area (Å²) in [5, 5.41) is 24.5. The van der Waals surface area contributed by atoms with Crippen LogP contribution in [0.5, 0.6) is 0 Å². The lowest BCUT2D eigenvalue weighted by Crippen LogP contribution is -2.17. The number of aromatic nitrogens is 3. The lowest BCUT2D eigenvalue weighted by molar-refractivity contribution is -0.384. The molecule has 3 rings (SSSR count). The van der Waals surface area contributed by atoms with Gasteiger partial charge in [-0.15, -0.1) is 10.2 Å². The van der Waals surface area contributed by atoms with E-state index in [1.54, 1.807) is 11.6 Å². The molecule has 0 fully saturated rings. The molecule has 0 radical (unpaired) electrons. The van der Waals surface area contributed by atoms with E-state index in [9.17, 15) is 24.1 Å². The fourth-order valence-corrected chi connectivity index (χ4v) is 3.44. The first-order chi connectivity index (χ1) is 15.2. The topological polar surface area (TPSA) is 132 Å². The van der Waals surface area contributed by atoms with Gasteiger partial charge < -0.3 is 15.2 Å². The monoisotopic (exact) mass is 478 g/mol. The summed E-state index contributed by atoms with van der Waals surface area (Å²) in [7, 11) is 1.65. The lowest BCUT2D eigenvalue weighted by atomic mass is 10.3. The van der Waals surface area contributed by atoms with Crippen LogP contribution in [0.1, 0.15) is 5.82 Å². The number of nitrogens with zero attached hydrogens (tertiary/aromatic N) is 4. The number of amides is 2. The highest BCUT2D eigenvalue weighted by Crippen LogP contribution is 2.27. The normalized spacial score (nSPS) is 10.6. The van der Waals surface area contributed by atoms with Crippen LogP contribution in [0.4, 0.5) is 21.5 Å². The maximum atomic E-state index is 12.9. The van der Waals surface area contributed by atoms with Crippen molar-refractivity contribution in [2.75, 3.05) is 16.4 Å². The van der Waals surface area contributed by atoms with E-state index < -0.39 is 16.6 Å². The van der Waals surface area contributed by atoms with Crippen LogP contribution in [0.25, 0.3) is 0 Å². The maximum Gasteiger partial charge on any atom is 0.271 e. The predicted molar refractivity (Wildman–Crippen MR) is 117 cm³/mol. The highest BCUT2D eigenvalue weighted by molar-refractivity contribution is 7.99. The van der Waals surface area contributed by atoms with Crippen LogP contribution in [-0.2, 0) is 23.1 Å². The van der Waals surface area contributed by atoms with Crippen molar-refractivity contribution in [3.05, 3.63) is 69.2 Å². The average Bonchev–Trinajstić information content (AvgIpc) is 3.09. The first-order valence-corrected chi connectivity index (χ1v) is 10.4. The molecule has 166 valence electrons. The summed E-state index contributed by atoms with van der Waals surface area (Å²) in [4.78, 5) is 34.7. The van der Waals surface area contributed by atoms with Crippen LogP contribution < -0.4 is 10.6 Å². The lowest BCUT2D eigenvalue weighted by Gasteiger charge is -2.07. The molecular weight excluding hydrogens is 463 g/mol. The zero-order chi connectivity index (χ0) is 23.3. The molecule has 0 saturated carbocycles. The van der Waals surface area contributed by atoms with Gasteiger partial charge >= 0.3 is 0 Å². The SMILES string of the molecule is Cn1c(CC(=O)Nc2ccc(F)cc2)nnc1SCC(=O)Nc1cc([N+](=O)[O-])ccc1Cl. The molecule has 0 unspecified atom stereocenters. The van der Waals surface area contributed by atoms with Gasteiger partial charge in [-0.05, 0) is 30.3 Å². The van der Waals surface area contributed by atoms with Crippen LogP contribution in [0.15, 0.2) is 47.6 Å². The largest absolute Gasteiger partial charge is 0.326 e. The van der Waals surface area contributed by atoms with Gasteiger partial charge in [-0.25, -0.2) is 4.39 Å². The van der Waals surface area contributed by atoms with Crippen molar-refractivity contribution in [2.45, 2.75) is 11.6 Å². The number of nitrogens with one attached hydrogen (secondary N) is 2. The second kappa shape index (κ2) is 10.2. The van der Waals surface area contributed by atoms with Crippen LogP contribution >= 0.6 is 23.4 Å². The minimum absolute atomic E-state index is 0.0627. The molecule has 13 heteroatoms. The Labute approximate surface area is 190 Å². The number of thioether (sulfide) groups is 1. The van der Waals surface area contributed by atoms with Gasteiger partial charge in [0.15, 0.2) is 5.16 Å². The fraction of sp³-hybridized carbons (Fsp3) is 0.158. The van der Waals surface area contributed by atoms with E-state index in [0.29, 0.717) is 16.7 Å². The average molecular weight is 479 g/mol. The van der Waals surface area contributed by atoms with Crippen molar-refractivity contribution in [3.63, 3.8) is 0 Å². The van der Waals surface area contributed by atoms with Crippen molar-refractivity contribution in [1.29, 1.82) is 0 Å². The Morgan fingerprint density at radius 3 is 2.56 bits per heavy atom. The molecular formula is C19H16ClFN6O4S. The first kappa shape index (κ1) is 23.2. The van der Waals surface area contributed by atoms with E-state index in [0.717, 1.165) is 11.8 Å². The molecule has 2 amide bonds. The molecule has 2 N–H and O–H groups in total. The Morgan fingerprint density at radius 1 is 1.16 bits per heavy atom. The third-order valence-corrected chi connectivity index (χ3v) is 5.49. The quantitative estimate of drug-likeness (QED) is 0.288. The Morgan fingerprint density at radius 2 is 1.88 bits per heavy atom. The predicted octanol–water partition coefficient (Wildman–Crippen LogP) is 3.43. The van der Waals surface area contributed by atoms with Crippen LogP contribution in [0.2, 0.25) is 5.02 Å². The number of anilines is 2. The van der Waals surface area contributed by atoms with E-state index in [-0.39, 0.29) is 34.5 Å². The Kier molecular flexibility index (Phi) is 7.38. The fourth-order valence-electron chi connectivity index (χ4n) is 2.55. The van der Waals surface area contributed by atoms with E-state index in [1.807, 2.05) is 0 Å². The molecule has 1 aromatic heterocycles. The summed E-state index contributed by atoms with van der Waals surface area (Å²) in [5.41, 5.74) is 0.376. The summed E-state index contributed by atoms with van der Waals surface area (Å²) in [6.45, 7) is 0. The minimum Gasteiger partial charge on any atom is -0.326 e. The Hall–Kier alpha value is -3.51. The van der Waals surface area contributed by atoms with Crippen molar-refractivity contribution in [3.8, 4) is 0 Å². The minimum atomic E-state index is -0.589. The van der Waals surface area contributed by atoms with Crippen LogP contribution in [0, 0.1) is 15.9 Å². The molecule has 2 aromatic carbocycles. The van der Waals surface area contributed by atoms with Gasteiger partial charge in [0.05, 0.1) is 27.8 Å². The highest BCUT2D eigenvalue weighted by Gasteiger charge is 2.16. The highest BCUT2D eigenvalue weighted by atomic mass is 35.5. The van der Waals surface area contributed by atoms with E-state index in [2.05, 4.69) is 20.8 Å². The third-order valence-electron chi connectivity index (χ3n) is 4.14. The van der Waals surface area contributed by atoms with E-state index >= 15 is 0 Å². The number of carbonyl (C=O) groups is 2. The maximum absolute atomic E-state index is 12.9. The summed E-state index contributed by atoms with van der Waals surface area (Å²) in [6, 6.07) is 9.09. The zero-order valence-corrected chi connectivity index (χ0v) is 18.1. The molecule has 0 aliphatic heterocycles. The van der Waals surface area contributed by atoms with Gasteiger partial charge in [0.25, 0.3) is 5.69 Å².